The summed E-state index contributed by atoms with van der Waals surface area (Å²) in [6.45, 7) is 3.31. The maximum absolute atomic E-state index is 12.7. The number of carbonyl (C=O) groups is 1. The number of rotatable bonds is 8. The molecule has 1 aromatic carbocycles. The summed E-state index contributed by atoms with van der Waals surface area (Å²) >= 11 is 0. The maximum Gasteiger partial charge on any atom is 0.416 e. The summed E-state index contributed by atoms with van der Waals surface area (Å²) in [7, 11) is -4.25. The van der Waals surface area contributed by atoms with E-state index in [4.69, 9.17) is 5.73 Å². The van der Waals surface area contributed by atoms with Crippen molar-refractivity contribution in [3.63, 3.8) is 0 Å². The number of alkyl halides is 3. The first-order valence-electron chi connectivity index (χ1n) is 7.66. The molecule has 1 amide bonds. The number of hydrogen-bond acceptors (Lipinski definition) is 4. The standard InChI is InChI=1S/C15H22F3N3O3S/c1-3-14(19,4-2)10-20-13(22)9-21-25(23,24)12-7-5-6-11(8-12)15(16,17)18/h5-8,21H,3-4,9-10,19H2,1-2H3,(H,20,22). The summed E-state index contributed by atoms with van der Waals surface area (Å²) < 4.78 is 64.0. The number of carbonyl (C=O) groups excluding carboxylic acids is 1. The first-order valence-corrected chi connectivity index (χ1v) is 9.14. The second kappa shape index (κ2) is 8.15. The minimum absolute atomic E-state index is 0.171. The highest BCUT2D eigenvalue weighted by Gasteiger charge is 2.31. The van der Waals surface area contributed by atoms with Gasteiger partial charge in [-0.05, 0) is 31.0 Å². The van der Waals surface area contributed by atoms with Crippen LogP contribution in [0.4, 0.5) is 13.2 Å². The van der Waals surface area contributed by atoms with Crippen LogP contribution >= 0.6 is 0 Å². The zero-order chi connectivity index (χ0) is 19.3. The number of benzene rings is 1. The van der Waals surface area contributed by atoms with Crippen LogP contribution in [0, 0.1) is 0 Å². The third-order valence-electron chi connectivity index (χ3n) is 3.94. The van der Waals surface area contributed by atoms with Crippen molar-refractivity contribution in [2.45, 2.75) is 43.3 Å². The fraction of sp³-hybridized carbons (Fsp3) is 0.533. The second-order valence-corrected chi connectivity index (χ2v) is 7.46. The Morgan fingerprint density at radius 3 is 2.32 bits per heavy atom. The van der Waals surface area contributed by atoms with Crippen molar-refractivity contribution in [2.75, 3.05) is 13.1 Å². The second-order valence-electron chi connectivity index (χ2n) is 5.70. The molecule has 0 unspecified atom stereocenters. The van der Waals surface area contributed by atoms with Crippen molar-refractivity contribution in [3.8, 4) is 0 Å². The first-order chi connectivity index (χ1) is 11.4. The van der Waals surface area contributed by atoms with Crippen LogP contribution < -0.4 is 15.8 Å². The Hall–Kier alpha value is -1.65. The number of sulfonamides is 1. The largest absolute Gasteiger partial charge is 0.416 e. The normalized spacial score (nSPS) is 12.9. The Morgan fingerprint density at radius 1 is 1.20 bits per heavy atom. The van der Waals surface area contributed by atoms with Crippen LogP contribution in [0.3, 0.4) is 0 Å². The van der Waals surface area contributed by atoms with Gasteiger partial charge in [0.1, 0.15) is 0 Å². The molecule has 1 rings (SSSR count). The summed E-state index contributed by atoms with van der Waals surface area (Å²) in [6, 6.07) is 3.29. The lowest BCUT2D eigenvalue weighted by atomic mass is 9.94. The molecule has 4 N–H and O–H groups in total. The highest BCUT2D eigenvalue weighted by atomic mass is 32.2. The molecule has 0 aliphatic rings. The first kappa shape index (κ1) is 21.4. The topological polar surface area (TPSA) is 101 Å². The molecule has 0 bridgehead atoms. The number of hydrogen-bond donors (Lipinski definition) is 3. The summed E-state index contributed by atoms with van der Waals surface area (Å²) in [6.07, 6.45) is -3.41. The highest BCUT2D eigenvalue weighted by Crippen LogP contribution is 2.30. The lowest BCUT2D eigenvalue weighted by molar-refractivity contribution is -0.137. The van der Waals surface area contributed by atoms with Gasteiger partial charge in [-0.25, -0.2) is 13.1 Å². The lowest BCUT2D eigenvalue weighted by Gasteiger charge is -2.26. The molecule has 0 aliphatic carbocycles. The number of amides is 1. The predicted molar refractivity (Wildman–Crippen MR) is 87.1 cm³/mol. The number of nitrogens with two attached hydrogens (primary N) is 1. The molecule has 0 heterocycles. The van der Waals surface area contributed by atoms with E-state index in [0.717, 1.165) is 18.2 Å². The molecule has 0 fully saturated rings. The average Bonchev–Trinajstić information content (AvgIpc) is 2.57. The molecule has 0 spiro atoms. The van der Waals surface area contributed by atoms with E-state index in [-0.39, 0.29) is 6.54 Å². The van der Waals surface area contributed by atoms with Gasteiger partial charge in [0.05, 0.1) is 17.0 Å². The van der Waals surface area contributed by atoms with Gasteiger partial charge >= 0.3 is 6.18 Å². The van der Waals surface area contributed by atoms with Gasteiger partial charge in [-0.1, -0.05) is 19.9 Å². The van der Waals surface area contributed by atoms with Crippen molar-refractivity contribution in [1.29, 1.82) is 0 Å². The number of halogens is 3. The molecule has 0 aromatic heterocycles. The molecule has 0 aliphatic heterocycles. The Kier molecular flexibility index (Phi) is 6.98. The minimum atomic E-state index is -4.66. The maximum atomic E-state index is 12.7. The summed E-state index contributed by atoms with van der Waals surface area (Å²) in [5.41, 5.74) is 4.34. The lowest BCUT2D eigenvalue weighted by Crippen LogP contribution is -2.50. The molecule has 0 atom stereocenters. The van der Waals surface area contributed by atoms with Gasteiger partial charge in [-0.2, -0.15) is 13.2 Å². The molecule has 6 nitrogen and oxygen atoms in total. The van der Waals surface area contributed by atoms with Gasteiger partial charge in [-0.3, -0.25) is 4.79 Å². The van der Waals surface area contributed by atoms with Crippen molar-refractivity contribution < 1.29 is 26.4 Å². The van der Waals surface area contributed by atoms with E-state index in [1.807, 2.05) is 18.6 Å². The monoisotopic (exact) mass is 381 g/mol. The Bertz CT molecular complexity index is 701. The van der Waals surface area contributed by atoms with Crippen LogP contribution in [0.1, 0.15) is 32.3 Å². The van der Waals surface area contributed by atoms with Gasteiger partial charge in [0, 0.05) is 12.1 Å². The molecular formula is C15H22F3N3O3S. The smallest absolute Gasteiger partial charge is 0.353 e. The molecule has 0 saturated heterocycles. The molecule has 25 heavy (non-hydrogen) atoms. The fourth-order valence-electron chi connectivity index (χ4n) is 1.92. The molecule has 0 radical (unpaired) electrons. The van der Waals surface area contributed by atoms with E-state index in [1.165, 1.54) is 0 Å². The van der Waals surface area contributed by atoms with Gasteiger partial charge < -0.3 is 11.1 Å². The molecule has 1 aromatic rings. The van der Waals surface area contributed by atoms with Crippen molar-refractivity contribution in [2.24, 2.45) is 5.73 Å². The fourth-order valence-corrected chi connectivity index (χ4v) is 2.95. The minimum Gasteiger partial charge on any atom is -0.353 e. The third-order valence-corrected chi connectivity index (χ3v) is 5.34. The quantitative estimate of drug-likeness (QED) is 0.637. The van der Waals surface area contributed by atoms with E-state index >= 15 is 0 Å². The summed E-state index contributed by atoms with van der Waals surface area (Å²) in [5, 5.41) is 2.51. The number of nitrogens with one attached hydrogen (secondary N) is 2. The van der Waals surface area contributed by atoms with Gasteiger partial charge in [0.25, 0.3) is 0 Å². The van der Waals surface area contributed by atoms with E-state index in [0.29, 0.717) is 18.9 Å². The van der Waals surface area contributed by atoms with Crippen LogP contribution in [0.25, 0.3) is 0 Å². The Balaban J connectivity index is 2.72. The zero-order valence-corrected chi connectivity index (χ0v) is 14.8. The third kappa shape index (κ3) is 6.29. The van der Waals surface area contributed by atoms with E-state index in [9.17, 15) is 26.4 Å². The molecule has 0 saturated carbocycles. The molecule has 142 valence electrons. The molecular weight excluding hydrogens is 359 g/mol. The zero-order valence-electron chi connectivity index (χ0n) is 14.0. The van der Waals surface area contributed by atoms with E-state index < -0.39 is 44.6 Å². The van der Waals surface area contributed by atoms with Crippen molar-refractivity contribution in [1.82, 2.24) is 10.0 Å². The SMILES string of the molecule is CCC(N)(CC)CNC(=O)CNS(=O)(=O)c1cccc(C(F)(F)F)c1. The van der Waals surface area contributed by atoms with E-state index in [1.54, 1.807) is 0 Å². The van der Waals surface area contributed by atoms with Crippen molar-refractivity contribution in [3.05, 3.63) is 29.8 Å². The molecule has 10 heteroatoms. The van der Waals surface area contributed by atoms with E-state index in [2.05, 4.69) is 5.32 Å². The predicted octanol–water partition coefficient (Wildman–Crippen LogP) is 1.62. The van der Waals surface area contributed by atoms with Gasteiger partial charge in [0.15, 0.2) is 0 Å². The highest BCUT2D eigenvalue weighted by molar-refractivity contribution is 7.89. The van der Waals surface area contributed by atoms with Crippen LogP contribution in [-0.4, -0.2) is 33.0 Å². The summed E-state index contributed by atoms with van der Waals surface area (Å²) in [5.74, 6) is -0.618. The van der Waals surface area contributed by atoms with Gasteiger partial charge in [0.2, 0.25) is 15.9 Å². The summed E-state index contributed by atoms with van der Waals surface area (Å²) in [4.78, 5) is 11.2. The average molecular weight is 381 g/mol. The van der Waals surface area contributed by atoms with Crippen LogP contribution in [-0.2, 0) is 21.0 Å². The van der Waals surface area contributed by atoms with Crippen LogP contribution in [0.2, 0.25) is 0 Å². The van der Waals surface area contributed by atoms with Crippen LogP contribution in [0.5, 0.6) is 0 Å². The van der Waals surface area contributed by atoms with Crippen LogP contribution in [0.15, 0.2) is 29.2 Å². The van der Waals surface area contributed by atoms with Gasteiger partial charge in [-0.15, -0.1) is 0 Å². The Morgan fingerprint density at radius 2 is 1.80 bits per heavy atom. The van der Waals surface area contributed by atoms with Crippen molar-refractivity contribution >= 4 is 15.9 Å². The Labute approximate surface area is 145 Å².